The van der Waals surface area contributed by atoms with Crippen LogP contribution in [0.4, 0.5) is 0 Å². The van der Waals surface area contributed by atoms with Crippen molar-refractivity contribution in [2.45, 2.75) is 17.7 Å². The minimum absolute atomic E-state index is 0.102. The van der Waals surface area contributed by atoms with Crippen LogP contribution in [-0.4, -0.2) is 56.0 Å². The molecule has 0 amide bonds. The van der Waals surface area contributed by atoms with Gasteiger partial charge >= 0.3 is 0 Å². The lowest BCUT2D eigenvalue weighted by molar-refractivity contribution is 0.222. The molecule has 1 aliphatic heterocycles. The Bertz CT molecular complexity index is 516. The predicted molar refractivity (Wildman–Crippen MR) is 71.2 cm³/mol. The number of sulfonamides is 1. The van der Waals surface area contributed by atoms with Gasteiger partial charge in [0.25, 0.3) is 10.0 Å². The van der Waals surface area contributed by atoms with Crippen LogP contribution in [0.5, 0.6) is 0 Å². The third kappa shape index (κ3) is 2.60. The summed E-state index contributed by atoms with van der Waals surface area (Å²) in [6, 6.07) is 1.66. The first-order valence-corrected chi connectivity index (χ1v) is 8.09. The summed E-state index contributed by atoms with van der Waals surface area (Å²) >= 11 is 1.17. The maximum Gasteiger partial charge on any atom is 0.252 e. The van der Waals surface area contributed by atoms with E-state index in [1.807, 2.05) is 14.0 Å². The van der Waals surface area contributed by atoms with Crippen molar-refractivity contribution in [3.8, 4) is 0 Å². The summed E-state index contributed by atoms with van der Waals surface area (Å²) in [6.45, 7) is 4.31. The minimum atomic E-state index is -3.38. The lowest BCUT2D eigenvalue weighted by Gasteiger charge is -2.31. The van der Waals surface area contributed by atoms with Crippen LogP contribution in [0.2, 0.25) is 0 Å². The van der Waals surface area contributed by atoms with E-state index in [9.17, 15) is 8.42 Å². The number of likely N-dealkylation sites (N-methyl/N-ethyl adjacent to an activating group) is 1. The monoisotopic (exact) mass is 290 g/mol. The van der Waals surface area contributed by atoms with E-state index in [2.05, 4.69) is 4.90 Å². The molecular weight excluding hydrogens is 272 g/mol. The van der Waals surface area contributed by atoms with Gasteiger partial charge in [-0.15, -0.1) is 11.3 Å². The van der Waals surface area contributed by atoms with Crippen molar-refractivity contribution in [1.82, 2.24) is 9.21 Å². The van der Waals surface area contributed by atoms with E-state index < -0.39 is 10.0 Å². The van der Waals surface area contributed by atoms with Crippen molar-refractivity contribution in [2.75, 3.05) is 33.2 Å². The second kappa shape index (κ2) is 5.26. The van der Waals surface area contributed by atoms with Crippen LogP contribution in [0.15, 0.2) is 10.3 Å². The SMILES string of the molecule is Cc1cc(S(=O)(=O)N2CCN(C)CC2)sc1CO. The highest BCUT2D eigenvalue weighted by Gasteiger charge is 2.29. The topological polar surface area (TPSA) is 60.9 Å². The molecular formula is C11H18N2O3S2. The number of rotatable bonds is 3. The lowest BCUT2D eigenvalue weighted by Crippen LogP contribution is -2.46. The van der Waals surface area contributed by atoms with E-state index in [0.29, 0.717) is 17.3 Å². The molecule has 1 aromatic heterocycles. The van der Waals surface area contributed by atoms with Gasteiger partial charge in [0.05, 0.1) is 6.61 Å². The van der Waals surface area contributed by atoms with Gasteiger partial charge in [-0.2, -0.15) is 4.31 Å². The molecule has 102 valence electrons. The Morgan fingerprint density at radius 2 is 1.94 bits per heavy atom. The number of aryl methyl sites for hydroxylation is 1. The fourth-order valence-corrected chi connectivity index (χ4v) is 4.95. The largest absolute Gasteiger partial charge is 0.391 e. The van der Waals surface area contributed by atoms with Gasteiger partial charge in [-0.1, -0.05) is 0 Å². The maximum atomic E-state index is 12.4. The smallest absolute Gasteiger partial charge is 0.252 e. The first-order valence-electron chi connectivity index (χ1n) is 5.84. The lowest BCUT2D eigenvalue weighted by atomic mass is 10.3. The molecule has 0 aliphatic carbocycles. The third-order valence-electron chi connectivity index (χ3n) is 3.20. The van der Waals surface area contributed by atoms with Crippen molar-refractivity contribution < 1.29 is 13.5 Å². The van der Waals surface area contributed by atoms with E-state index in [4.69, 9.17) is 5.11 Å². The van der Waals surface area contributed by atoms with Crippen molar-refractivity contribution >= 4 is 21.4 Å². The first kappa shape index (κ1) is 14.0. The standard InChI is InChI=1S/C11H18N2O3S2/c1-9-7-11(17-10(9)8-14)18(15,16)13-5-3-12(2)4-6-13/h7,14H,3-6,8H2,1-2H3. The number of nitrogens with zero attached hydrogens (tertiary/aromatic N) is 2. The highest BCUT2D eigenvalue weighted by Crippen LogP contribution is 2.28. The van der Waals surface area contributed by atoms with Gasteiger partial charge in [0, 0.05) is 31.1 Å². The van der Waals surface area contributed by atoms with Gasteiger partial charge in [-0.3, -0.25) is 0 Å². The van der Waals surface area contributed by atoms with Crippen LogP contribution in [-0.2, 0) is 16.6 Å². The Morgan fingerprint density at radius 3 is 2.44 bits per heavy atom. The number of aliphatic hydroxyl groups excluding tert-OH is 1. The number of hydrogen-bond acceptors (Lipinski definition) is 5. The molecule has 1 N–H and O–H groups in total. The molecule has 0 unspecified atom stereocenters. The Morgan fingerprint density at radius 1 is 1.33 bits per heavy atom. The molecule has 2 rings (SSSR count). The third-order valence-corrected chi connectivity index (χ3v) is 6.77. The Labute approximate surface area is 112 Å². The molecule has 0 bridgehead atoms. The summed E-state index contributed by atoms with van der Waals surface area (Å²) in [6.07, 6.45) is 0. The average molecular weight is 290 g/mol. The van der Waals surface area contributed by atoms with E-state index in [-0.39, 0.29) is 6.61 Å². The Hall–Kier alpha value is -0.470. The fourth-order valence-electron chi connectivity index (χ4n) is 1.93. The molecule has 7 heteroatoms. The minimum Gasteiger partial charge on any atom is -0.391 e. The Kier molecular flexibility index (Phi) is 4.08. The van der Waals surface area contributed by atoms with Crippen LogP contribution in [0.1, 0.15) is 10.4 Å². The summed E-state index contributed by atoms with van der Waals surface area (Å²) in [4.78, 5) is 2.84. The van der Waals surface area contributed by atoms with Crippen molar-refractivity contribution in [3.63, 3.8) is 0 Å². The van der Waals surface area contributed by atoms with E-state index in [1.165, 1.54) is 15.6 Å². The average Bonchev–Trinajstić information content (AvgIpc) is 2.72. The van der Waals surface area contributed by atoms with Crippen LogP contribution in [0.25, 0.3) is 0 Å². The zero-order valence-electron chi connectivity index (χ0n) is 10.6. The van der Waals surface area contributed by atoms with Gasteiger partial charge in [0.15, 0.2) is 0 Å². The highest BCUT2D eigenvalue weighted by atomic mass is 32.2. The first-order chi connectivity index (χ1) is 8.45. The van der Waals surface area contributed by atoms with Gasteiger partial charge in [-0.05, 0) is 25.6 Å². The molecule has 1 saturated heterocycles. The molecule has 0 saturated carbocycles. The summed E-state index contributed by atoms with van der Waals surface area (Å²) in [5.41, 5.74) is 0.843. The van der Waals surface area contributed by atoms with Gasteiger partial charge in [0.1, 0.15) is 4.21 Å². The number of hydrogen-bond donors (Lipinski definition) is 1. The number of aliphatic hydroxyl groups is 1. The second-order valence-electron chi connectivity index (χ2n) is 4.54. The summed E-state index contributed by atoms with van der Waals surface area (Å²) < 4.78 is 26.7. The molecule has 5 nitrogen and oxygen atoms in total. The van der Waals surface area contributed by atoms with E-state index in [0.717, 1.165) is 23.5 Å². The molecule has 1 aromatic rings. The van der Waals surface area contributed by atoms with Crippen molar-refractivity contribution in [1.29, 1.82) is 0 Å². The molecule has 0 aromatic carbocycles. The van der Waals surface area contributed by atoms with Crippen LogP contribution < -0.4 is 0 Å². The molecule has 2 heterocycles. The van der Waals surface area contributed by atoms with Gasteiger partial charge in [-0.25, -0.2) is 8.42 Å². The normalized spacial score (nSPS) is 19.3. The zero-order chi connectivity index (χ0) is 13.3. The highest BCUT2D eigenvalue weighted by molar-refractivity contribution is 7.91. The van der Waals surface area contributed by atoms with Crippen molar-refractivity contribution in [3.05, 3.63) is 16.5 Å². The fraction of sp³-hybridized carbons (Fsp3) is 0.636. The quantitative estimate of drug-likeness (QED) is 0.880. The molecule has 1 aliphatic rings. The van der Waals surface area contributed by atoms with Gasteiger partial charge < -0.3 is 10.0 Å². The molecule has 18 heavy (non-hydrogen) atoms. The summed E-state index contributed by atoms with van der Waals surface area (Å²) in [5, 5.41) is 9.14. The number of piperazine rings is 1. The van der Waals surface area contributed by atoms with E-state index >= 15 is 0 Å². The molecule has 1 fully saturated rings. The van der Waals surface area contributed by atoms with Crippen molar-refractivity contribution in [2.24, 2.45) is 0 Å². The predicted octanol–water partition coefficient (Wildman–Crippen LogP) is 0.485. The summed E-state index contributed by atoms with van der Waals surface area (Å²) in [5.74, 6) is 0. The number of thiophene rings is 1. The molecule has 0 atom stereocenters. The van der Waals surface area contributed by atoms with Gasteiger partial charge in [0.2, 0.25) is 0 Å². The molecule has 0 radical (unpaired) electrons. The zero-order valence-corrected chi connectivity index (χ0v) is 12.2. The maximum absolute atomic E-state index is 12.4. The van der Waals surface area contributed by atoms with Crippen LogP contribution in [0.3, 0.4) is 0 Å². The van der Waals surface area contributed by atoms with Crippen LogP contribution in [0, 0.1) is 6.92 Å². The molecule has 0 spiro atoms. The summed E-state index contributed by atoms with van der Waals surface area (Å²) in [7, 11) is -1.39. The van der Waals surface area contributed by atoms with Crippen LogP contribution >= 0.6 is 11.3 Å². The second-order valence-corrected chi connectivity index (χ2v) is 7.84. The van der Waals surface area contributed by atoms with E-state index in [1.54, 1.807) is 6.07 Å². The Balaban J connectivity index is 2.24.